The molecule has 0 aromatic heterocycles. The average Bonchev–Trinajstić information content (AvgIpc) is 2.57. The van der Waals surface area contributed by atoms with Crippen molar-refractivity contribution < 1.29 is 2.74 Å². The molecule has 0 N–H and O–H groups in total. The van der Waals surface area contributed by atoms with Gasteiger partial charge in [-0.2, -0.15) is 0 Å². The second-order valence-corrected chi connectivity index (χ2v) is 5.48. The van der Waals surface area contributed by atoms with Crippen molar-refractivity contribution in [3.8, 4) is 0 Å². The third kappa shape index (κ3) is 4.02. The molecule has 2 heteroatoms. The van der Waals surface area contributed by atoms with E-state index in [9.17, 15) is 0 Å². The quantitative estimate of drug-likeness (QED) is 0.719. The first kappa shape index (κ1) is 12.8. The van der Waals surface area contributed by atoms with Crippen molar-refractivity contribution >= 4 is 22.8 Å². The summed E-state index contributed by atoms with van der Waals surface area (Å²) in [5.41, 5.74) is 2.49. The van der Waals surface area contributed by atoms with Gasteiger partial charge in [0.25, 0.3) is 0 Å². The van der Waals surface area contributed by atoms with E-state index >= 15 is 0 Å². The Morgan fingerprint density at radius 3 is 2.05 bits per heavy atom. The number of benzene rings is 2. The Balaban J connectivity index is 2.47. The van der Waals surface area contributed by atoms with Crippen LogP contribution >= 0.6 is 12.2 Å². The summed E-state index contributed by atoms with van der Waals surface area (Å²) in [6.07, 6.45) is 0.301. The highest BCUT2D eigenvalue weighted by Crippen LogP contribution is 2.18. The molecule has 0 saturated heterocycles. The normalized spacial score (nSPS) is 13.3. The standard InChI is InChI=1S/C19H21NS/c1-15(2)20(19(21)18-12-8-5-9-13-18)14-16(3)17-10-6-4-7-11-17/h4-15H,1-3H3/b16-14+/i3D,14D. The van der Waals surface area contributed by atoms with E-state index in [1.165, 1.54) is 0 Å². The van der Waals surface area contributed by atoms with Gasteiger partial charge in [0.05, 0.1) is 1.37 Å². The second kappa shape index (κ2) is 7.19. The largest absolute Gasteiger partial charge is 0.336 e. The lowest BCUT2D eigenvalue weighted by atomic mass is 10.1. The van der Waals surface area contributed by atoms with Crippen molar-refractivity contribution in [1.29, 1.82) is 0 Å². The third-order valence-electron chi connectivity index (χ3n) is 3.13. The van der Waals surface area contributed by atoms with Gasteiger partial charge in [0.15, 0.2) is 0 Å². The van der Waals surface area contributed by atoms with Crippen molar-refractivity contribution in [2.75, 3.05) is 0 Å². The molecule has 2 rings (SSSR count). The Kier molecular flexibility index (Phi) is 4.37. The molecule has 21 heavy (non-hydrogen) atoms. The van der Waals surface area contributed by atoms with Crippen LogP contribution in [0.25, 0.3) is 5.57 Å². The minimum absolute atomic E-state index is 0.0421. The van der Waals surface area contributed by atoms with Crippen LogP contribution < -0.4 is 0 Å². The topological polar surface area (TPSA) is 3.24 Å². The van der Waals surface area contributed by atoms with Gasteiger partial charge in [0, 0.05) is 19.2 Å². The first-order chi connectivity index (χ1) is 11.1. The Morgan fingerprint density at radius 1 is 1.05 bits per heavy atom. The summed E-state index contributed by atoms with van der Waals surface area (Å²) in [6, 6.07) is 19.4. The molecule has 1 nitrogen and oxygen atoms in total. The maximum Gasteiger partial charge on any atom is 0.113 e. The molecule has 0 unspecified atom stereocenters. The number of allylic oxidation sites excluding steroid dienone is 1. The first-order valence-electron chi connectivity index (χ1n) is 8.20. The maximum absolute atomic E-state index is 8.63. The predicted molar refractivity (Wildman–Crippen MR) is 95.2 cm³/mol. The Morgan fingerprint density at radius 2 is 1.57 bits per heavy atom. The van der Waals surface area contributed by atoms with Gasteiger partial charge in [-0.1, -0.05) is 72.9 Å². The van der Waals surface area contributed by atoms with E-state index in [2.05, 4.69) is 0 Å². The van der Waals surface area contributed by atoms with Crippen LogP contribution in [0.5, 0.6) is 0 Å². The van der Waals surface area contributed by atoms with Gasteiger partial charge in [-0.15, -0.1) is 0 Å². The molecule has 0 aliphatic carbocycles. The van der Waals surface area contributed by atoms with Gasteiger partial charge < -0.3 is 4.90 Å². The van der Waals surface area contributed by atoms with E-state index in [0.29, 0.717) is 16.7 Å². The lowest BCUT2D eigenvalue weighted by molar-refractivity contribution is 0.467. The summed E-state index contributed by atoms with van der Waals surface area (Å²) in [6.45, 7) is 4.07. The van der Waals surface area contributed by atoms with Crippen LogP contribution in [0.15, 0.2) is 66.8 Å². The van der Waals surface area contributed by atoms with Gasteiger partial charge in [-0.05, 0) is 31.9 Å². The van der Waals surface area contributed by atoms with Crippen molar-refractivity contribution in [3.63, 3.8) is 0 Å². The Bertz CT molecular complexity index is 681. The molecule has 0 aliphatic heterocycles. The molecule has 108 valence electrons. The number of thiocarbonyl (C=S) groups is 1. The van der Waals surface area contributed by atoms with E-state index < -0.39 is 0 Å². The zero-order valence-electron chi connectivity index (χ0n) is 14.4. The third-order valence-corrected chi connectivity index (χ3v) is 3.57. The van der Waals surface area contributed by atoms with E-state index in [-0.39, 0.29) is 12.9 Å². The lowest BCUT2D eigenvalue weighted by Crippen LogP contribution is -2.31. The summed E-state index contributed by atoms with van der Waals surface area (Å²) in [4.78, 5) is 2.44. The fraction of sp³-hybridized carbons (Fsp3) is 0.211. The van der Waals surface area contributed by atoms with Gasteiger partial charge in [-0.3, -0.25) is 0 Å². The van der Waals surface area contributed by atoms with Crippen molar-refractivity contribution in [2.45, 2.75) is 26.8 Å². The zero-order valence-corrected chi connectivity index (χ0v) is 13.2. The molecule has 2 aromatic rings. The Labute approximate surface area is 135 Å². The molecule has 0 spiro atoms. The molecule has 0 aliphatic rings. The summed E-state index contributed by atoms with van der Waals surface area (Å²) >= 11 is 5.62. The molecule has 0 fully saturated rings. The minimum Gasteiger partial charge on any atom is -0.336 e. The smallest absolute Gasteiger partial charge is 0.113 e. The van der Waals surface area contributed by atoms with Crippen LogP contribution in [0, 0.1) is 0 Å². The molecule has 0 heterocycles. The van der Waals surface area contributed by atoms with Crippen molar-refractivity contribution in [1.82, 2.24) is 4.90 Å². The summed E-state index contributed by atoms with van der Waals surface area (Å²) in [5.74, 6) is 0. The van der Waals surface area contributed by atoms with E-state index in [0.717, 1.165) is 11.1 Å². The summed E-state index contributed by atoms with van der Waals surface area (Å²) in [7, 11) is 0. The lowest BCUT2D eigenvalue weighted by Gasteiger charge is -2.26. The highest BCUT2D eigenvalue weighted by molar-refractivity contribution is 7.80. The van der Waals surface area contributed by atoms with Crippen molar-refractivity contribution in [3.05, 3.63) is 78.0 Å². The van der Waals surface area contributed by atoms with Crippen LogP contribution in [0.1, 0.15) is 34.6 Å². The molecule has 0 radical (unpaired) electrons. The average molecular weight is 297 g/mol. The monoisotopic (exact) mass is 297 g/mol. The van der Waals surface area contributed by atoms with Crippen LogP contribution in [0.3, 0.4) is 0 Å². The van der Waals surface area contributed by atoms with Gasteiger partial charge in [0.2, 0.25) is 0 Å². The first-order valence-corrected chi connectivity index (χ1v) is 7.40. The molecule has 0 amide bonds. The number of hydrogen-bond acceptors (Lipinski definition) is 1. The number of hydrogen-bond donors (Lipinski definition) is 0. The Hall–Kier alpha value is -1.93. The molecular formula is C19H21NS. The molecular weight excluding hydrogens is 274 g/mol. The second-order valence-electron chi connectivity index (χ2n) is 5.09. The molecule has 0 bridgehead atoms. The fourth-order valence-corrected chi connectivity index (χ4v) is 2.38. The highest BCUT2D eigenvalue weighted by Gasteiger charge is 2.13. The van der Waals surface area contributed by atoms with E-state index in [1.807, 2.05) is 79.4 Å². The van der Waals surface area contributed by atoms with Crippen LogP contribution in [0.2, 0.25) is 0 Å². The highest BCUT2D eigenvalue weighted by atomic mass is 32.1. The van der Waals surface area contributed by atoms with E-state index in [1.54, 1.807) is 0 Å². The van der Waals surface area contributed by atoms with Gasteiger partial charge in [0.1, 0.15) is 4.99 Å². The molecule has 0 saturated carbocycles. The zero-order chi connectivity index (χ0) is 16.8. The van der Waals surface area contributed by atoms with E-state index in [4.69, 9.17) is 15.0 Å². The maximum atomic E-state index is 8.63. The predicted octanol–water partition coefficient (Wildman–Crippen LogP) is 5.13. The number of nitrogens with zero attached hydrogens (tertiary/aromatic N) is 1. The van der Waals surface area contributed by atoms with Gasteiger partial charge >= 0.3 is 0 Å². The SMILES string of the molecule is [2H]C/C(=C(/[2H])N(C(=S)c1ccccc1)C(C)C)c1ccccc1. The number of rotatable bonds is 4. The van der Waals surface area contributed by atoms with Crippen LogP contribution in [-0.2, 0) is 0 Å². The molecule has 2 aromatic carbocycles. The molecule has 0 atom stereocenters. The van der Waals surface area contributed by atoms with Crippen molar-refractivity contribution in [2.24, 2.45) is 0 Å². The summed E-state index contributed by atoms with van der Waals surface area (Å²) in [5, 5.41) is 0. The summed E-state index contributed by atoms with van der Waals surface area (Å²) < 4.78 is 16.5. The van der Waals surface area contributed by atoms with Crippen LogP contribution in [0.4, 0.5) is 0 Å². The van der Waals surface area contributed by atoms with Crippen LogP contribution in [-0.4, -0.2) is 15.9 Å². The minimum atomic E-state index is 0.0421. The van der Waals surface area contributed by atoms with Gasteiger partial charge in [-0.25, -0.2) is 0 Å². The fourth-order valence-electron chi connectivity index (χ4n) is 1.98.